The third-order valence-corrected chi connectivity index (χ3v) is 8.82. The minimum Gasteiger partial charge on any atom is -0.436 e. The van der Waals surface area contributed by atoms with Crippen LogP contribution in [0.25, 0.3) is 0 Å². The normalized spacial score (nSPS) is 44.7. The Morgan fingerprint density at radius 2 is 1.63 bits per heavy atom. The maximum atomic E-state index is 13.2. The number of esters is 1. The highest BCUT2D eigenvalue weighted by Crippen LogP contribution is 2.72. The van der Waals surface area contributed by atoms with Gasteiger partial charge < -0.3 is 19.7 Å². The summed E-state index contributed by atoms with van der Waals surface area (Å²) in [5.41, 5.74) is 0. The second-order valence-corrected chi connectivity index (χ2v) is 9.87. The van der Waals surface area contributed by atoms with Gasteiger partial charge >= 0.3 is 5.97 Å². The van der Waals surface area contributed by atoms with Crippen molar-refractivity contribution in [3.05, 3.63) is 12.0 Å². The molecule has 0 radical (unpaired) electrons. The summed E-state index contributed by atoms with van der Waals surface area (Å²) < 4.78 is 11.0. The molecule has 0 saturated heterocycles. The maximum Gasteiger partial charge on any atom is 0.312 e. The van der Waals surface area contributed by atoms with Crippen molar-refractivity contribution in [2.24, 2.45) is 59.2 Å². The maximum absolute atomic E-state index is 13.2. The van der Waals surface area contributed by atoms with Gasteiger partial charge in [-0.05, 0) is 81.0 Å². The molecule has 0 spiro atoms. The van der Waals surface area contributed by atoms with E-state index in [0.29, 0.717) is 42.1 Å². The fourth-order valence-electron chi connectivity index (χ4n) is 7.73. The van der Waals surface area contributed by atoms with Crippen molar-refractivity contribution < 1.29 is 29.2 Å². The lowest BCUT2D eigenvalue weighted by Crippen LogP contribution is -2.49. The molecule has 4 saturated carbocycles. The van der Waals surface area contributed by atoms with Crippen LogP contribution < -0.4 is 5.32 Å². The van der Waals surface area contributed by atoms with Gasteiger partial charge in [-0.1, -0.05) is 13.8 Å². The zero-order valence-electron chi connectivity index (χ0n) is 18.5. The van der Waals surface area contributed by atoms with Gasteiger partial charge in [-0.15, -0.1) is 0 Å². The van der Waals surface area contributed by atoms with Gasteiger partial charge in [0.05, 0.1) is 11.8 Å². The Balaban J connectivity index is 1.60. The van der Waals surface area contributed by atoms with Crippen molar-refractivity contribution in [2.45, 2.75) is 53.8 Å². The molecule has 0 aliphatic heterocycles. The molecule has 4 aliphatic rings. The lowest BCUT2D eigenvalue weighted by atomic mass is 9.59. The number of carbonyl (C=O) groups excluding carboxylic acids is 2. The summed E-state index contributed by atoms with van der Waals surface area (Å²) in [4.78, 5) is 30.6. The number of hydrogen-bond donors (Lipinski definition) is 2. The van der Waals surface area contributed by atoms with Gasteiger partial charge in [0.1, 0.15) is 0 Å². The van der Waals surface area contributed by atoms with Gasteiger partial charge in [0.2, 0.25) is 5.91 Å². The molecule has 7 nitrogen and oxygen atoms in total. The first-order valence-electron chi connectivity index (χ1n) is 11.4. The summed E-state index contributed by atoms with van der Waals surface area (Å²) in [6.45, 7) is 10.3. The molecule has 11 atom stereocenters. The number of nitrogens with one attached hydrogen (secondary N) is 1. The Morgan fingerprint density at radius 1 is 1.07 bits per heavy atom. The smallest absolute Gasteiger partial charge is 0.312 e. The fourth-order valence-corrected chi connectivity index (χ4v) is 7.73. The van der Waals surface area contributed by atoms with E-state index in [0.717, 1.165) is 6.42 Å². The molecule has 168 valence electrons. The molecule has 0 aromatic rings. The number of ether oxygens (including phenoxy) is 2. The Kier molecular flexibility index (Phi) is 5.88. The van der Waals surface area contributed by atoms with Crippen LogP contribution in [-0.4, -0.2) is 30.0 Å². The summed E-state index contributed by atoms with van der Waals surface area (Å²) >= 11 is 0. The number of amides is 1. The highest BCUT2D eigenvalue weighted by Gasteiger charge is 2.71. The lowest BCUT2D eigenvalue weighted by Gasteiger charge is -2.45. The average Bonchev–Trinajstić information content (AvgIpc) is 3.44. The molecule has 0 heterocycles. The average molecular weight is 422 g/mol. The first-order valence-corrected chi connectivity index (χ1v) is 11.4. The number of hydrogen-bond acceptors (Lipinski definition) is 6. The van der Waals surface area contributed by atoms with E-state index in [2.05, 4.69) is 24.1 Å². The van der Waals surface area contributed by atoms with E-state index in [1.54, 1.807) is 13.8 Å². The second-order valence-electron chi connectivity index (χ2n) is 9.87. The predicted octanol–water partition coefficient (Wildman–Crippen LogP) is 3.42. The third-order valence-electron chi connectivity index (χ3n) is 8.82. The standard InChI is InChI=1S/C23H35NO6/c1-6-28-13(5)29-23(26)21-17-8-16(20(21)22(25)24-9-10(2)30-27)18-14-7-15(19(17)18)12(4)11(14)3/h9,11-21,27H,6-8H2,1-5H3,(H,24,25)/b10-9-. The lowest BCUT2D eigenvalue weighted by molar-refractivity contribution is -0.202. The van der Waals surface area contributed by atoms with E-state index in [-0.39, 0.29) is 29.5 Å². The van der Waals surface area contributed by atoms with Crippen LogP contribution in [0.1, 0.15) is 47.5 Å². The molecule has 4 rings (SSSR count). The molecule has 4 aliphatic carbocycles. The third kappa shape index (κ3) is 3.25. The molecule has 0 aromatic carbocycles. The van der Waals surface area contributed by atoms with Crippen LogP contribution in [0.2, 0.25) is 0 Å². The van der Waals surface area contributed by atoms with E-state index in [4.69, 9.17) is 14.7 Å². The number of rotatable bonds is 7. The largest absolute Gasteiger partial charge is 0.436 e. The summed E-state index contributed by atoms with van der Waals surface area (Å²) in [5, 5.41) is 11.5. The highest BCUT2D eigenvalue weighted by molar-refractivity contribution is 5.87. The Hall–Kier alpha value is -1.60. The van der Waals surface area contributed by atoms with E-state index < -0.39 is 18.1 Å². The van der Waals surface area contributed by atoms with Gasteiger partial charge in [-0.25, -0.2) is 5.26 Å². The van der Waals surface area contributed by atoms with Crippen molar-refractivity contribution in [2.75, 3.05) is 6.61 Å². The molecular weight excluding hydrogens is 386 g/mol. The zero-order valence-corrected chi connectivity index (χ0v) is 18.5. The highest BCUT2D eigenvalue weighted by atomic mass is 17.1. The molecule has 1 amide bonds. The molecule has 11 unspecified atom stereocenters. The van der Waals surface area contributed by atoms with Crippen LogP contribution in [0.5, 0.6) is 0 Å². The molecule has 2 N–H and O–H groups in total. The summed E-state index contributed by atoms with van der Waals surface area (Å²) in [5.74, 6) is 2.93. The molecule has 4 bridgehead atoms. The molecule has 30 heavy (non-hydrogen) atoms. The van der Waals surface area contributed by atoms with Gasteiger partial charge in [0, 0.05) is 12.8 Å². The summed E-state index contributed by atoms with van der Waals surface area (Å²) in [6, 6.07) is 0. The predicted molar refractivity (Wildman–Crippen MR) is 108 cm³/mol. The van der Waals surface area contributed by atoms with Crippen LogP contribution in [-0.2, 0) is 24.0 Å². The van der Waals surface area contributed by atoms with Gasteiger partial charge in [0.25, 0.3) is 0 Å². The summed E-state index contributed by atoms with van der Waals surface area (Å²) in [7, 11) is 0. The monoisotopic (exact) mass is 421 g/mol. The van der Waals surface area contributed by atoms with Crippen molar-refractivity contribution in [1.29, 1.82) is 0 Å². The van der Waals surface area contributed by atoms with E-state index in [1.807, 2.05) is 6.92 Å². The van der Waals surface area contributed by atoms with Crippen molar-refractivity contribution in [3.8, 4) is 0 Å². The van der Waals surface area contributed by atoms with Crippen molar-refractivity contribution in [1.82, 2.24) is 5.32 Å². The van der Waals surface area contributed by atoms with Crippen molar-refractivity contribution >= 4 is 11.9 Å². The SMILES string of the molecule is CCOC(C)OC(=O)C1C2CC(C1C(=O)N/C=C(/C)OO)C1C3CC(C(C)C3C)C21. The first kappa shape index (κ1) is 21.6. The van der Waals surface area contributed by atoms with Crippen LogP contribution in [0, 0.1) is 59.2 Å². The second kappa shape index (κ2) is 8.15. The molecule has 7 heteroatoms. The molecular formula is C23H35NO6. The Bertz CT molecular complexity index is 722. The van der Waals surface area contributed by atoms with E-state index in [1.165, 1.54) is 12.6 Å². The molecule has 4 fully saturated rings. The van der Waals surface area contributed by atoms with Crippen molar-refractivity contribution in [3.63, 3.8) is 0 Å². The van der Waals surface area contributed by atoms with Gasteiger partial charge in [-0.3, -0.25) is 9.59 Å². The fraction of sp³-hybridized carbons (Fsp3) is 0.826. The minimum atomic E-state index is -0.620. The first-order chi connectivity index (χ1) is 14.3. The van der Waals surface area contributed by atoms with Crippen LogP contribution in [0.3, 0.4) is 0 Å². The van der Waals surface area contributed by atoms with Gasteiger partial charge in [0.15, 0.2) is 12.0 Å². The van der Waals surface area contributed by atoms with Crippen LogP contribution in [0.4, 0.5) is 0 Å². The summed E-state index contributed by atoms with van der Waals surface area (Å²) in [6.07, 6.45) is 2.88. The zero-order chi connectivity index (χ0) is 21.7. The Labute approximate surface area is 178 Å². The Morgan fingerprint density at radius 3 is 2.20 bits per heavy atom. The van der Waals surface area contributed by atoms with E-state index >= 15 is 0 Å². The van der Waals surface area contributed by atoms with Gasteiger partial charge in [-0.2, -0.15) is 0 Å². The quantitative estimate of drug-likeness (QED) is 0.163. The number of carbonyl (C=O) groups is 2. The van der Waals surface area contributed by atoms with Crippen LogP contribution >= 0.6 is 0 Å². The number of allylic oxidation sites excluding steroid dienone is 1. The minimum absolute atomic E-state index is 0.188. The topological polar surface area (TPSA) is 94.1 Å². The van der Waals surface area contributed by atoms with E-state index in [9.17, 15) is 9.59 Å². The molecule has 0 aromatic heterocycles. The van der Waals surface area contributed by atoms with Crippen LogP contribution in [0.15, 0.2) is 12.0 Å². The number of fused-ring (bicyclic) bond motifs is 9.